The topological polar surface area (TPSA) is 60.2 Å². The second-order valence-corrected chi connectivity index (χ2v) is 5.75. The molecule has 2 aromatic rings. The number of aromatic nitrogens is 2. The summed E-state index contributed by atoms with van der Waals surface area (Å²) in [5.41, 5.74) is 1.08. The van der Waals surface area contributed by atoms with Gasteiger partial charge >= 0.3 is 0 Å². The van der Waals surface area contributed by atoms with E-state index in [2.05, 4.69) is 45.2 Å². The van der Waals surface area contributed by atoms with Crippen LogP contribution in [-0.2, 0) is 13.0 Å². The van der Waals surface area contributed by atoms with Gasteiger partial charge in [-0.15, -0.1) is 0 Å². The third kappa shape index (κ3) is 4.28. The first-order valence-corrected chi connectivity index (χ1v) is 7.84. The molecule has 0 saturated heterocycles. The first-order valence-electron chi connectivity index (χ1n) is 7.05. The summed E-state index contributed by atoms with van der Waals surface area (Å²) in [6.45, 7) is 4.45. The number of nitrogens with one attached hydrogen (secondary N) is 1. The van der Waals surface area contributed by atoms with Crippen molar-refractivity contribution < 1.29 is 9.26 Å². The third-order valence-electron chi connectivity index (χ3n) is 3.21. The zero-order valence-electron chi connectivity index (χ0n) is 12.5. The highest BCUT2D eigenvalue weighted by Crippen LogP contribution is 2.29. The molecule has 0 aliphatic heterocycles. The minimum absolute atomic E-state index is 0.191. The molecular formula is C15H20BrN3O2. The van der Waals surface area contributed by atoms with Gasteiger partial charge in [0, 0.05) is 22.5 Å². The molecule has 0 amide bonds. The van der Waals surface area contributed by atoms with E-state index >= 15 is 0 Å². The fourth-order valence-corrected chi connectivity index (χ4v) is 2.34. The highest BCUT2D eigenvalue weighted by molar-refractivity contribution is 9.10. The van der Waals surface area contributed by atoms with E-state index < -0.39 is 0 Å². The van der Waals surface area contributed by atoms with Gasteiger partial charge in [0.15, 0.2) is 12.4 Å². The molecule has 5 nitrogen and oxygen atoms in total. The van der Waals surface area contributed by atoms with Gasteiger partial charge in [0.25, 0.3) is 5.89 Å². The molecule has 21 heavy (non-hydrogen) atoms. The van der Waals surface area contributed by atoms with Crippen molar-refractivity contribution in [1.82, 2.24) is 15.5 Å². The van der Waals surface area contributed by atoms with E-state index in [0.29, 0.717) is 5.89 Å². The van der Waals surface area contributed by atoms with Crippen molar-refractivity contribution in [1.29, 1.82) is 0 Å². The molecule has 1 unspecified atom stereocenters. The van der Waals surface area contributed by atoms with Crippen LogP contribution in [-0.4, -0.2) is 17.2 Å². The molecule has 0 spiro atoms. The van der Waals surface area contributed by atoms with E-state index in [1.165, 1.54) is 0 Å². The lowest BCUT2D eigenvalue weighted by atomic mass is 10.1. The predicted molar refractivity (Wildman–Crippen MR) is 84.2 cm³/mol. The Kier molecular flexibility index (Phi) is 5.76. The van der Waals surface area contributed by atoms with Gasteiger partial charge in [0.2, 0.25) is 0 Å². The Hall–Kier alpha value is -1.40. The highest BCUT2D eigenvalue weighted by Gasteiger charge is 2.13. The van der Waals surface area contributed by atoms with Crippen molar-refractivity contribution in [3.8, 4) is 5.75 Å². The monoisotopic (exact) mass is 353 g/mol. The summed E-state index contributed by atoms with van der Waals surface area (Å²) in [6.07, 6.45) is 1.82. The minimum Gasteiger partial charge on any atom is -0.483 e. The van der Waals surface area contributed by atoms with Crippen molar-refractivity contribution in [2.45, 2.75) is 39.3 Å². The lowest BCUT2D eigenvalue weighted by molar-refractivity contribution is 0.239. The molecule has 0 fully saturated rings. The van der Waals surface area contributed by atoms with Crippen LogP contribution in [0.15, 0.2) is 27.2 Å². The molecule has 114 valence electrons. The smallest absolute Gasteiger partial charge is 0.264 e. The van der Waals surface area contributed by atoms with Gasteiger partial charge in [-0.1, -0.05) is 28.0 Å². The van der Waals surface area contributed by atoms with Crippen molar-refractivity contribution in [2.75, 3.05) is 7.05 Å². The van der Waals surface area contributed by atoms with Crippen LogP contribution in [0, 0.1) is 0 Å². The number of rotatable bonds is 7. The molecular weight excluding hydrogens is 334 g/mol. The standard InChI is InChI=1S/C15H20BrN3O2/c1-4-5-14-18-15(21-19-14)9-20-13-7-6-11(16)8-12(13)10(2)17-3/h6-8,10,17H,4-5,9H2,1-3H3. The van der Waals surface area contributed by atoms with Crippen molar-refractivity contribution in [3.05, 3.63) is 40.0 Å². The largest absolute Gasteiger partial charge is 0.483 e. The lowest BCUT2D eigenvalue weighted by Gasteiger charge is -2.16. The third-order valence-corrected chi connectivity index (χ3v) is 3.70. The molecule has 0 aliphatic rings. The molecule has 0 saturated carbocycles. The predicted octanol–water partition coefficient (Wildman–Crippen LogP) is 3.64. The Morgan fingerprint density at radius 3 is 2.95 bits per heavy atom. The van der Waals surface area contributed by atoms with E-state index in [-0.39, 0.29) is 12.6 Å². The number of halogens is 1. The molecule has 1 N–H and O–H groups in total. The van der Waals surface area contributed by atoms with Gasteiger partial charge in [-0.25, -0.2) is 0 Å². The zero-order valence-corrected chi connectivity index (χ0v) is 14.1. The Morgan fingerprint density at radius 1 is 1.43 bits per heavy atom. The summed E-state index contributed by atoms with van der Waals surface area (Å²) in [5.74, 6) is 2.05. The van der Waals surface area contributed by atoms with E-state index in [9.17, 15) is 0 Å². The molecule has 1 heterocycles. The first kappa shape index (κ1) is 16.0. The summed E-state index contributed by atoms with van der Waals surface area (Å²) in [5, 5.41) is 7.14. The van der Waals surface area contributed by atoms with Gasteiger partial charge in [-0.3, -0.25) is 0 Å². The molecule has 0 aliphatic carbocycles. The van der Waals surface area contributed by atoms with Crippen molar-refractivity contribution in [2.24, 2.45) is 0 Å². The Bertz CT molecular complexity index is 586. The van der Waals surface area contributed by atoms with Crippen LogP contribution in [0.5, 0.6) is 5.75 Å². The van der Waals surface area contributed by atoms with Crippen molar-refractivity contribution >= 4 is 15.9 Å². The van der Waals surface area contributed by atoms with Crippen LogP contribution in [0.4, 0.5) is 0 Å². The number of aryl methyl sites for hydroxylation is 1. The van der Waals surface area contributed by atoms with Crippen LogP contribution < -0.4 is 10.1 Å². The second kappa shape index (κ2) is 7.56. The number of ether oxygens (including phenoxy) is 1. The molecule has 1 aromatic heterocycles. The molecule has 1 atom stereocenters. The summed E-state index contributed by atoms with van der Waals surface area (Å²) in [6, 6.07) is 6.14. The maximum absolute atomic E-state index is 5.84. The van der Waals surface area contributed by atoms with Crippen molar-refractivity contribution in [3.63, 3.8) is 0 Å². The van der Waals surface area contributed by atoms with E-state index in [1.807, 2.05) is 25.2 Å². The second-order valence-electron chi connectivity index (χ2n) is 4.84. The Labute approximate surface area is 133 Å². The van der Waals surface area contributed by atoms with E-state index in [4.69, 9.17) is 9.26 Å². The van der Waals surface area contributed by atoms with Crippen LogP contribution in [0.3, 0.4) is 0 Å². The molecule has 1 aromatic carbocycles. The van der Waals surface area contributed by atoms with Gasteiger partial charge in [-0.2, -0.15) is 4.98 Å². The summed E-state index contributed by atoms with van der Waals surface area (Å²) in [4.78, 5) is 4.30. The highest BCUT2D eigenvalue weighted by atomic mass is 79.9. The quantitative estimate of drug-likeness (QED) is 0.823. The lowest BCUT2D eigenvalue weighted by Crippen LogP contribution is -2.14. The SMILES string of the molecule is CCCc1noc(COc2ccc(Br)cc2C(C)NC)n1. The van der Waals surface area contributed by atoms with Crippen LogP contribution in [0.1, 0.15) is 43.6 Å². The van der Waals surface area contributed by atoms with Crippen LogP contribution in [0.25, 0.3) is 0 Å². The average molecular weight is 354 g/mol. The van der Waals surface area contributed by atoms with E-state index in [0.717, 1.165) is 34.5 Å². The number of nitrogens with zero attached hydrogens (tertiary/aromatic N) is 2. The Balaban J connectivity index is 2.08. The van der Waals surface area contributed by atoms with E-state index in [1.54, 1.807) is 0 Å². The first-order chi connectivity index (χ1) is 10.1. The number of hydrogen-bond donors (Lipinski definition) is 1. The van der Waals surface area contributed by atoms with Crippen LogP contribution >= 0.6 is 15.9 Å². The van der Waals surface area contributed by atoms with Crippen LogP contribution in [0.2, 0.25) is 0 Å². The maximum atomic E-state index is 5.84. The molecule has 2 rings (SSSR count). The van der Waals surface area contributed by atoms with Gasteiger partial charge in [0.05, 0.1) is 0 Å². The summed E-state index contributed by atoms with van der Waals surface area (Å²) in [7, 11) is 1.92. The minimum atomic E-state index is 0.191. The number of hydrogen-bond acceptors (Lipinski definition) is 5. The molecule has 0 radical (unpaired) electrons. The maximum Gasteiger partial charge on any atom is 0.264 e. The van der Waals surface area contributed by atoms with Gasteiger partial charge in [-0.05, 0) is 38.6 Å². The fourth-order valence-electron chi connectivity index (χ4n) is 1.96. The Morgan fingerprint density at radius 2 is 2.24 bits per heavy atom. The fraction of sp³-hybridized carbons (Fsp3) is 0.467. The molecule has 6 heteroatoms. The van der Waals surface area contributed by atoms with Gasteiger partial charge in [0.1, 0.15) is 5.75 Å². The normalized spacial score (nSPS) is 12.4. The van der Waals surface area contributed by atoms with Gasteiger partial charge < -0.3 is 14.6 Å². The molecule has 0 bridgehead atoms. The summed E-state index contributed by atoms with van der Waals surface area (Å²) < 4.78 is 12.0. The summed E-state index contributed by atoms with van der Waals surface area (Å²) >= 11 is 3.49. The zero-order chi connectivity index (χ0) is 15.2. The average Bonchev–Trinajstić information content (AvgIpc) is 2.93. The number of benzene rings is 1.